The number of halogens is 3. The van der Waals surface area contributed by atoms with Crippen molar-refractivity contribution in [3.8, 4) is 5.75 Å². The Morgan fingerprint density at radius 2 is 1.81 bits per heavy atom. The summed E-state index contributed by atoms with van der Waals surface area (Å²) in [6.07, 6.45) is -2.38. The van der Waals surface area contributed by atoms with E-state index in [2.05, 4.69) is 10.6 Å². The number of nitrogens with zero attached hydrogens (tertiary/aromatic N) is 1. The number of nitrogens with one attached hydrogen (secondary N) is 2. The minimum atomic E-state index is -1.81. The Kier molecular flexibility index (Phi) is 9.15. The molecule has 1 saturated heterocycles. The molecule has 0 saturated carbocycles. The zero-order chi connectivity index (χ0) is 27.5. The van der Waals surface area contributed by atoms with E-state index in [9.17, 15) is 19.2 Å². The zero-order valence-electron chi connectivity index (χ0n) is 20.4. The predicted molar refractivity (Wildman–Crippen MR) is 139 cm³/mol. The highest BCUT2D eigenvalue weighted by Gasteiger charge is 2.54. The molecule has 3 atom stereocenters. The van der Waals surface area contributed by atoms with Gasteiger partial charge in [0.1, 0.15) is 35.1 Å². The summed E-state index contributed by atoms with van der Waals surface area (Å²) in [5.74, 6) is -1.42. The molecule has 2 unspecified atom stereocenters. The summed E-state index contributed by atoms with van der Waals surface area (Å²) in [4.78, 5) is 52.4. The van der Waals surface area contributed by atoms with Crippen molar-refractivity contribution in [3.05, 3.63) is 41.6 Å². The molecule has 1 fully saturated rings. The third-order valence-corrected chi connectivity index (χ3v) is 6.65. The molecule has 3 rings (SSSR count). The van der Waals surface area contributed by atoms with Gasteiger partial charge in [0, 0.05) is 5.75 Å². The first-order chi connectivity index (χ1) is 17.2. The van der Waals surface area contributed by atoms with Gasteiger partial charge in [0.2, 0.25) is 3.79 Å². The van der Waals surface area contributed by atoms with Gasteiger partial charge in [-0.15, -0.1) is 11.8 Å². The molecular formula is C23H26Cl3N3O7S. The third kappa shape index (κ3) is 7.83. The van der Waals surface area contributed by atoms with Crippen LogP contribution in [0.3, 0.4) is 0 Å². The molecule has 1 aromatic rings. The highest BCUT2D eigenvalue weighted by molar-refractivity contribution is 8.00. The Morgan fingerprint density at radius 1 is 1.16 bits per heavy atom. The molecule has 1 aromatic carbocycles. The van der Waals surface area contributed by atoms with Crippen molar-refractivity contribution < 1.29 is 33.4 Å². The fourth-order valence-corrected chi connectivity index (χ4v) is 4.86. The minimum absolute atomic E-state index is 0.0393. The van der Waals surface area contributed by atoms with Gasteiger partial charge in [0.05, 0.1) is 0 Å². The Hall–Kier alpha value is -2.34. The van der Waals surface area contributed by atoms with E-state index in [4.69, 9.17) is 49.0 Å². The molecule has 0 aliphatic carbocycles. The second-order valence-corrected chi connectivity index (χ2v) is 12.8. The van der Waals surface area contributed by atoms with Crippen LogP contribution >= 0.6 is 46.6 Å². The maximum Gasteiger partial charge on any atom is 0.410 e. The van der Waals surface area contributed by atoms with E-state index in [1.165, 1.54) is 16.7 Å². The third-order valence-electron chi connectivity index (χ3n) is 4.90. The van der Waals surface area contributed by atoms with Crippen molar-refractivity contribution in [1.29, 1.82) is 0 Å². The zero-order valence-corrected chi connectivity index (χ0v) is 23.5. The van der Waals surface area contributed by atoms with E-state index >= 15 is 0 Å². The van der Waals surface area contributed by atoms with E-state index in [-0.39, 0.29) is 5.70 Å². The summed E-state index contributed by atoms with van der Waals surface area (Å²) in [7, 11) is 0. The Labute approximate surface area is 233 Å². The molecule has 202 valence electrons. The van der Waals surface area contributed by atoms with Crippen LogP contribution < -0.4 is 15.4 Å². The van der Waals surface area contributed by atoms with Crippen molar-refractivity contribution >= 4 is 70.4 Å². The molecule has 37 heavy (non-hydrogen) atoms. The van der Waals surface area contributed by atoms with E-state index < -0.39 is 57.5 Å². The van der Waals surface area contributed by atoms with Gasteiger partial charge in [-0.2, -0.15) is 0 Å². The van der Waals surface area contributed by atoms with Crippen LogP contribution in [0.15, 0.2) is 41.6 Å². The summed E-state index contributed by atoms with van der Waals surface area (Å²) >= 11 is 18.3. The number of rotatable bonds is 7. The van der Waals surface area contributed by atoms with Crippen molar-refractivity contribution in [2.45, 2.75) is 54.7 Å². The number of amides is 3. The van der Waals surface area contributed by atoms with Crippen LogP contribution in [-0.4, -0.2) is 68.2 Å². The Balaban J connectivity index is 1.72. The lowest BCUT2D eigenvalue weighted by atomic mass is 10.0. The number of carbonyl (C=O) groups excluding carboxylic acids is 4. The van der Waals surface area contributed by atoms with Crippen LogP contribution in [0.25, 0.3) is 0 Å². The van der Waals surface area contributed by atoms with Gasteiger partial charge in [0.15, 0.2) is 0 Å². The first-order valence-corrected chi connectivity index (χ1v) is 13.2. The predicted octanol–water partition coefficient (Wildman–Crippen LogP) is 3.50. The minimum Gasteiger partial charge on any atom is -0.461 e. The summed E-state index contributed by atoms with van der Waals surface area (Å²) in [5.41, 5.74) is -0.172. The monoisotopic (exact) mass is 593 g/mol. The van der Waals surface area contributed by atoms with Gasteiger partial charge in [-0.3, -0.25) is 19.8 Å². The standard InChI is InChI=1S/C23H26Cl3N3O7S/c1-12-10-37-19-14(18(31)29(19)15(12)20(32)34-11-23(24,25)26)27-16(30)17(28-21(33)36-22(2,3)4)35-13-8-6-5-7-9-13/h5-9,14,17,19H,10-11H2,1-4H3,(H,27,30)(H,28,33)/t14?,17?,19-/m0/s1. The topological polar surface area (TPSA) is 123 Å². The SMILES string of the molecule is CC1=C(C(=O)OCC(Cl)(Cl)Cl)N2C(=O)C(NC(=O)C(NC(=O)OC(C)(C)C)Oc3ccccc3)[C@@H]2SC1. The molecular weight excluding hydrogens is 569 g/mol. The van der Waals surface area contributed by atoms with Gasteiger partial charge < -0.3 is 19.5 Å². The molecule has 3 amide bonds. The van der Waals surface area contributed by atoms with Gasteiger partial charge in [-0.1, -0.05) is 53.0 Å². The average Bonchev–Trinajstić information content (AvgIpc) is 2.79. The van der Waals surface area contributed by atoms with Crippen LogP contribution in [0.1, 0.15) is 27.7 Å². The maximum absolute atomic E-state index is 13.1. The van der Waals surface area contributed by atoms with E-state index in [0.717, 1.165) is 0 Å². The smallest absolute Gasteiger partial charge is 0.410 e. The van der Waals surface area contributed by atoms with Crippen LogP contribution in [0.2, 0.25) is 0 Å². The van der Waals surface area contributed by atoms with E-state index in [1.54, 1.807) is 58.0 Å². The van der Waals surface area contributed by atoms with Crippen LogP contribution in [0, 0.1) is 0 Å². The number of β-lactam (4-membered cyclic amide) rings is 1. The molecule has 14 heteroatoms. The van der Waals surface area contributed by atoms with Crippen molar-refractivity contribution in [2.24, 2.45) is 0 Å². The maximum atomic E-state index is 13.1. The van der Waals surface area contributed by atoms with E-state index in [0.29, 0.717) is 17.1 Å². The highest BCUT2D eigenvalue weighted by atomic mass is 35.6. The molecule has 2 heterocycles. The molecule has 0 spiro atoms. The molecule has 2 N–H and O–H groups in total. The van der Waals surface area contributed by atoms with E-state index in [1.807, 2.05) is 0 Å². The molecule has 2 aliphatic rings. The van der Waals surface area contributed by atoms with Crippen molar-refractivity contribution in [1.82, 2.24) is 15.5 Å². The van der Waals surface area contributed by atoms with Gasteiger partial charge >= 0.3 is 12.1 Å². The molecule has 2 aliphatic heterocycles. The number of hydrogen-bond donors (Lipinski definition) is 2. The molecule has 0 bridgehead atoms. The van der Waals surface area contributed by atoms with Gasteiger partial charge in [0.25, 0.3) is 18.0 Å². The number of esters is 1. The molecule has 0 radical (unpaired) electrons. The number of carbonyl (C=O) groups is 4. The van der Waals surface area contributed by atoms with Crippen molar-refractivity contribution in [3.63, 3.8) is 0 Å². The molecule has 0 aromatic heterocycles. The molecule has 10 nitrogen and oxygen atoms in total. The summed E-state index contributed by atoms with van der Waals surface area (Å²) in [6.45, 7) is 6.21. The quantitative estimate of drug-likeness (QED) is 0.213. The summed E-state index contributed by atoms with van der Waals surface area (Å²) in [6, 6.07) is 7.38. The normalized spacial score (nSPS) is 20.3. The number of para-hydroxylation sites is 1. The van der Waals surface area contributed by atoms with Crippen LogP contribution in [0.5, 0.6) is 5.75 Å². The lowest BCUT2D eigenvalue weighted by Crippen LogP contribution is -2.72. The highest BCUT2D eigenvalue weighted by Crippen LogP contribution is 2.40. The fourth-order valence-electron chi connectivity index (χ4n) is 3.41. The lowest BCUT2D eigenvalue weighted by Gasteiger charge is -2.49. The second kappa shape index (κ2) is 11.6. The Bertz CT molecular complexity index is 1090. The first-order valence-electron chi connectivity index (χ1n) is 11.1. The number of fused-ring (bicyclic) bond motifs is 1. The Morgan fingerprint density at radius 3 is 2.41 bits per heavy atom. The summed E-state index contributed by atoms with van der Waals surface area (Å²) in [5, 5.41) is 4.39. The summed E-state index contributed by atoms with van der Waals surface area (Å²) < 4.78 is 14.1. The lowest BCUT2D eigenvalue weighted by molar-refractivity contribution is -0.153. The largest absolute Gasteiger partial charge is 0.461 e. The number of hydrogen-bond acceptors (Lipinski definition) is 8. The number of thioether (sulfide) groups is 1. The average molecular weight is 595 g/mol. The fraction of sp³-hybridized carbons (Fsp3) is 0.478. The second-order valence-electron chi connectivity index (χ2n) is 9.17. The number of alkyl halides is 3. The van der Waals surface area contributed by atoms with Crippen LogP contribution in [0.4, 0.5) is 4.79 Å². The van der Waals surface area contributed by atoms with Gasteiger partial charge in [-0.05, 0) is 45.4 Å². The van der Waals surface area contributed by atoms with Crippen molar-refractivity contribution in [2.75, 3.05) is 12.4 Å². The number of ether oxygens (including phenoxy) is 3. The number of benzene rings is 1. The number of alkyl carbamates (subject to hydrolysis) is 1. The van der Waals surface area contributed by atoms with Crippen LogP contribution in [-0.2, 0) is 23.9 Å². The van der Waals surface area contributed by atoms with Gasteiger partial charge in [-0.25, -0.2) is 9.59 Å². The first kappa shape index (κ1) is 29.2.